The number of hydrogen-bond acceptors (Lipinski definition) is 5. The smallest absolute Gasteiger partial charge is 0.226 e. The average molecular weight is 412 g/mol. The number of halogens is 1. The van der Waals surface area contributed by atoms with Crippen LogP contribution in [0.3, 0.4) is 0 Å². The monoisotopic (exact) mass is 411 g/mol. The van der Waals surface area contributed by atoms with E-state index in [0.29, 0.717) is 11.6 Å². The molecule has 6 rings (SSSR count). The Morgan fingerprint density at radius 3 is 2.47 bits per heavy atom. The predicted molar refractivity (Wildman–Crippen MR) is 117 cm³/mol. The van der Waals surface area contributed by atoms with Crippen molar-refractivity contribution in [3.63, 3.8) is 0 Å². The van der Waals surface area contributed by atoms with Gasteiger partial charge in [0, 0.05) is 27.5 Å². The van der Waals surface area contributed by atoms with Gasteiger partial charge in [-0.2, -0.15) is 9.97 Å². The molecule has 0 atom stereocenters. The number of fused-ring (bicyclic) bond motifs is 4. The van der Waals surface area contributed by atoms with Crippen molar-refractivity contribution in [3.8, 4) is 34.1 Å². The van der Waals surface area contributed by atoms with Crippen LogP contribution in [0.25, 0.3) is 56.0 Å². The third kappa shape index (κ3) is 2.67. The molecule has 0 saturated heterocycles. The zero-order chi connectivity index (χ0) is 20.2. The summed E-state index contributed by atoms with van der Waals surface area (Å²) in [7, 11) is 0. The molecule has 0 fully saturated rings. The summed E-state index contributed by atoms with van der Waals surface area (Å²) in [6, 6.07) is 21.7. The minimum absolute atomic E-state index is 0.141. The van der Waals surface area contributed by atoms with Gasteiger partial charge in [-0.15, -0.1) is 0 Å². The Hall–Kier alpha value is -3.70. The Labute approximate surface area is 176 Å². The maximum Gasteiger partial charge on any atom is 0.226 e. The Balaban J connectivity index is 1.49. The van der Waals surface area contributed by atoms with Crippen molar-refractivity contribution in [2.45, 2.75) is 6.92 Å². The second-order valence-electron chi connectivity index (χ2n) is 7.14. The minimum atomic E-state index is 0.141. The molecule has 0 bridgehead atoms. The Morgan fingerprint density at radius 2 is 1.53 bits per heavy atom. The first-order valence-corrected chi connectivity index (χ1v) is 9.86. The van der Waals surface area contributed by atoms with Crippen molar-refractivity contribution in [1.82, 2.24) is 15.0 Å². The second-order valence-corrected chi connectivity index (χ2v) is 7.47. The molecule has 144 valence electrons. The molecule has 1 aliphatic carbocycles. The van der Waals surface area contributed by atoms with Gasteiger partial charge in [0.2, 0.25) is 5.28 Å². The number of para-hydroxylation sites is 1. The number of aromatic nitrogens is 3. The second kappa shape index (κ2) is 6.40. The fraction of sp³-hybridized carbons (Fsp3) is 0.0417. The van der Waals surface area contributed by atoms with E-state index in [1.165, 1.54) is 0 Å². The molecule has 0 N–H and O–H groups in total. The third-order valence-electron chi connectivity index (χ3n) is 5.18. The van der Waals surface area contributed by atoms with Crippen molar-refractivity contribution in [2.75, 3.05) is 0 Å². The van der Waals surface area contributed by atoms with Crippen LogP contribution in [0.5, 0.6) is 0 Å². The summed E-state index contributed by atoms with van der Waals surface area (Å²) in [5, 5.41) is 2.27. The van der Waals surface area contributed by atoms with Crippen molar-refractivity contribution >= 4 is 33.5 Å². The molecule has 0 saturated carbocycles. The summed E-state index contributed by atoms with van der Waals surface area (Å²) >= 11 is 6.25. The minimum Gasteiger partial charge on any atom is -0.461 e. The number of aryl methyl sites for hydroxylation is 1. The molecule has 2 aliphatic rings. The van der Waals surface area contributed by atoms with E-state index in [1.807, 2.05) is 73.7 Å². The van der Waals surface area contributed by atoms with Crippen LogP contribution in [-0.4, -0.2) is 15.0 Å². The summed E-state index contributed by atoms with van der Waals surface area (Å²) in [6.45, 7) is 1.91. The van der Waals surface area contributed by atoms with Gasteiger partial charge in [-0.3, -0.25) is 0 Å². The zero-order valence-electron chi connectivity index (χ0n) is 15.9. The first-order chi connectivity index (χ1) is 14.7. The largest absolute Gasteiger partial charge is 0.461 e. The fourth-order valence-corrected chi connectivity index (χ4v) is 3.89. The van der Waals surface area contributed by atoms with Gasteiger partial charge >= 0.3 is 0 Å². The number of benzene rings is 2. The van der Waals surface area contributed by atoms with Crippen LogP contribution in [0.4, 0.5) is 0 Å². The van der Waals surface area contributed by atoms with Gasteiger partial charge < -0.3 is 8.83 Å². The third-order valence-corrected chi connectivity index (χ3v) is 5.35. The summed E-state index contributed by atoms with van der Waals surface area (Å²) < 4.78 is 11.8. The Kier molecular flexibility index (Phi) is 3.67. The number of furan rings is 1. The summed E-state index contributed by atoms with van der Waals surface area (Å²) in [6.07, 6.45) is 0. The van der Waals surface area contributed by atoms with Crippen molar-refractivity contribution in [3.05, 3.63) is 77.8 Å². The molecule has 2 aromatic heterocycles. The Morgan fingerprint density at radius 1 is 0.700 bits per heavy atom. The molecule has 3 heterocycles. The molecule has 0 unspecified atom stereocenters. The maximum atomic E-state index is 6.25. The van der Waals surface area contributed by atoms with Crippen LogP contribution in [0.15, 0.2) is 75.6 Å². The number of rotatable bonds is 2. The van der Waals surface area contributed by atoms with Crippen molar-refractivity contribution in [1.29, 1.82) is 0 Å². The molecular formula is C24H14ClN3O2. The lowest BCUT2D eigenvalue weighted by molar-refractivity contribution is 0.534. The van der Waals surface area contributed by atoms with Crippen molar-refractivity contribution < 1.29 is 8.83 Å². The van der Waals surface area contributed by atoms with Gasteiger partial charge in [-0.05, 0) is 48.9 Å². The summed E-state index contributed by atoms with van der Waals surface area (Å²) in [5.74, 6) is 2.64. The summed E-state index contributed by atoms with van der Waals surface area (Å²) in [5.41, 5.74) is 4.26. The lowest BCUT2D eigenvalue weighted by Gasteiger charge is -2.13. The predicted octanol–water partition coefficient (Wildman–Crippen LogP) is 6.76. The van der Waals surface area contributed by atoms with E-state index >= 15 is 0 Å². The highest BCUT2D eigenvalue weighted by Crippen LogP contribution is 2.39. The average Bonchev–Trinajstić information content (AvgIpc) is 3.04. The molecule has 1 aliphatic heterocycles. The first-order valence-electron chi connectivity index (χ1n) is 9.48. The highest BCUT2D eigenvalue weighted by molar-refractivity contribution is 6.28. The maximum absolute atomic E-state index is 6.25. The van der Waals surface area contributed by atoms with E-state index in [1.54, 1.807) is 0 Å². The molecule has 2 aromatic carbocycles. The summed E-state index contributed by atoms with van der Waals surface area (Å²) in [4.78, 5) is 13.3. The van der Waals surface area contributed by atoms with E-state index in [4.69, 9.17) is 20.4 Å². The van der Waals surface area contributed by atoms with E-state index in [-0.39, 0.29) is 5.28 Å². The van der Waals surface area contributed by atoms with E-state index in [2.05, 4.69) is 15.0 Å². The normalized spacial score (nSPS) is 11.7. The Bertz CT molecular complexity index is 1530. The van der Waals surface area contributed by atoms with Crippen LogP contribution in [0.1, 0.15) is 5.76 Å². The fourth-order valence-electron chi connectivity index (χ4n) is 3.73. The number of nitrogens with zero attached hydrogens (tertiary/aromatic N) is 3. The molecule has 0 radical (unpaired) electrons. The van der Waals surface area contributed by atoms with E-state index in [0.717, 1.165) is 50.1 Å². The number of hydrogen-bond donors (Lipinski definition) is 0. The quantitative estimate of drug-likeness (QED) is 0.314. The van der Waals surface area contributed by atoms with Crippen LogP contribution < -0.4 is 0 Å². The van der Waals surface area contributed by atoms with Gasteiger partial charge in [0.15, 0.2) is 11.6 Å². The molecule has 4 aromatic rings. The molecule has 30 heavy (non-hydrogen) atoms. The van der Waals surface area contributed by atoms with Crippen molar-refractivity contribution in [2.24, 2.45) is 0 Å². The van der Waals surface area contributed by atoms with E-state index in [9.17, 15) is 0 Å². The molecule has 0 amide bonds. The van der Waals surface area contributed by atoms with Gasteiger partial charge in [0.1, 0.15) is 22.7 Å². The van der Waals surface area contributed by atoms with Crippen LogP contribution in [-0.2, 0) is 0 Å². The molecule has 0 spiro atoms. The van der Waals surface area contributed by atoms with Gasteiger partial charge in [-0.1, -0.05) is 36.4 Å². The topological polar surface area (TPSA) is 65.0 Å². The lowest BCUT2D eigenvalue weighted by Crippen LogP contribution is -2.00. The first kappa shape index (κ1) is 17.2. The highest BCUT2D eigenvalue weighted by Gasteiger charge is 2.21. The standard InChI is InChI=1S/C24H14ClN3O2/c1-13-5-4-7-16-18(12-21(16)29-13)23-26-22(27-24(25)28-23)14-9-10-17-15-6-2-3-8-19(15)30-20(17)11-14/h2-12H,1H3. The van der Waals surface area contributed by atoms with Crippen LogP contribution in [0.2, 0.25) is 5.28 Å². The lowest BCUT2D eigenvalue weighted by atomic mass is 9.98. The van der Waals surface area contributed by atoms with Gasteiger partial charge in [0.05, 0.1) is 0 Å². The molecular weight excluding hydrogens is 398 g/mol. The SMILES string of the molecule is Cc1cccc2c(-c3nc(Cl)nc(-c4ccc5c(c4)oc4ccccc45)n3)cc-2o1. The van der Waals surface area contributed by atoms with Gasteiger partial charge in [0.25, 0.3) is 0 Å². The van der Waals surface area contributed by atoms with Crippen LogP contribution >= 0.6 is 11.6 Å². The highest BCUT2D eigenvalue weighted by atomic mass is 35.5. The zero-order valence-corrected chi connectivity index (χ0v) is 16.6. The molecule has 5 nitrogen and oxygen atoms in total. The molecule has 6 heteroatoms. The van der Waals surface area contributed by atoms with E-state index < -0.39 is 0 Å². The van der Waals surface area contributed by atoms with Gasteiger partial charge in [-0.25, -0.2) is 4.98 Å². The van der Waals surface area contributed by atoms with Crippen LogP contribution in [0, 0.1) is 6.92 Å².